The number of benzene rings is 1. The van der Waals surface area contributed by atoms with Crippen molar-refractivity contribution in [2.45, 2.75) is 36.6 Å². The monoisotopic (exact) mass is 330 g/mol. The molecule has 1 aromatic carbocycles. The molecular formula is C13H15ClN2O4S. The number of hydrogen-bond acceptors (Lipinski definition) is 4. The Balaban J connectivity index is 1.90. The van der Waals surface area contributed by atoms with Crippen LogP contribution in [0.4, 0.5) is 5.69 Å². The lowest BCUT2D eigenvalue weighted by Crippen LogP contribution is -2.38. The summed E-state index contributed by atoms with van der Waals surface area (Å²) in [7, 11) is -3.84. The highest BCUT2D eigenvalue weighted by molar-refractivity contribution is 7.89. The average Bonchev–Trinajstić information content (AvgIpc) is 3.28. The number of nitro benzene ring substituents is 1. The summed E-state index contributed by atoms with van der Waals surface area (Å²) in [4.78, 5) is 9.95. The van der Waals surface area contributed by atoms with E-state index in [0.717, 1.165) is 31.7 Å². The molecule has 0 amide bonds. The highest BCUT2D eigenvalue weighted by Crippen LogP contribution is 2.45. The maximum atomic E-state index is 12.5. The minimum absolute atomic E-state index is 0.00144. The number of nitro groups is 1. The minimum atomic E-state index is -3.84. The molecule has 8 heteroatoms. The molecule has 21 heavy (non-hydrogen) atoms. The number of rotatable bonds is 6. The zero-order valence-electron chi connectivity index (χ0n) is 11.2. The van der Waals surface area contributed by atoms with Gasteiger partial charge in [-0.15, -0.1) is 0 Å². The highest BCUT2D eigenvalue weighted by Gasteiger charge is 2.43. The van der Waals surface area contributed by atoms with Crippen molar-refractivity contribution in [2.24, 2.45) is 11.8 Å². The van der Waals surface area contributed by atoms with Gasteiger partial charge in [0.05, 0.1) is 9.95 Å². The van der Waals surface area contributed by atoms with Crippen LogP contribution in [0.25, 0.3) is 0 Å². The molecule has 0 radical (unpaired) electrons. The van der Waals surface area contributed by atoms with Gasteiger partial charge in [-0.3, -0.25) is 10.1 Å². The predicted octanol–water partition coefficient (Wildman–Crippen LogP) is 2.72. The van der Waals surface area contributed by atoms with E-state index in [1.165, 1.54) is 12.1 Å². The quantitative estimate of drug-likeness (QED) is 0.641. The minimum Gasteiger partial charge on any atom is -0.258 e. The molecule has 2 aliphatic rings. The molecule has 2 fully saturated rings. The Bertz CT molecular complexity index is 671. The number of non-ortho nitro benzene ring substituents is 1. The zero-order valence-corrected chi connectivity index (χ0v) is 12.7. The van der Waals surface area contributed by atoms with Crippen molar-refractivity contribution >= 4 is 27.3 Å². The summed E-state index contributed by atoms with van der Waals surface area (Å²) in [5.41, 5.74) is -0.283. The predicted molar refractivity (Wildman–Crippen MR) is 77.7 cm³/mol. The molecule has 0 heterocycles. The van der Waals surface area contributed by atoms with Gasteiger partial charge in [0.2, 0.25) is 10.0 Å². The standard InChI is InChI=1S/C13H15ClN2O4S/c14-11-6-5-10(16(17)18)7-12(11)21(19,20)15-13(8-1-2-8)9-3-4-9/h5-9,13,15H,1-4H2. The Morgan fingerprint density at radius 3 is 2.29 bits per heavy atom. The molecule has 1 aromatic rings. The van der Waals surface area contributed by atoms with Crippen molar-refractivity contribution in [1.82, 2.24) is 4.72 Å². The van der Waals surface area contributed by atoms with Crippen LogP contribution in [0, 0.1) is 22.0 Å². The third kappa shape index (κ3) is 3.20. The van der Waals surface area contributed by atoms with Crippen molar-refractivity contribution in [3.8, 4) is 0 Å². The van der Waals surface area contributed by atoms with Gasteiger partial charge in [-0.1, -0.05) is 11.6 Å². The summed E-state index contributed by atoms with van der Waals surface area (Å²) in [5.74, 6) is 0.787. The fraction of sp³-hybridized carbons (Fsp3) is 0.538. The van der Waals surface area contributed by atoms with Gasteiger partial charge in [0.25, 0.3) is 5.69 Å². The molecule has 0 aromatic heterocycles. The summed E-state index contributed by atoms with van der Waals surface area (Å²) in [6, 6.07) is 3.39. The van der Waals surface area contributed by atoms with Crippen molar-refractivity contribution < 1.29 is 13.3 Å². The van der Waals surface area contributed by atoms with Crippen LogP contribution in [0.5, 0.6) is 0 Å². The smallest absolute Gasteiger partial charge is 0.258 e. The van der Waals surface area contributed by atoms with E-state index in [0.29, 0.717) is 11.8 Å². The van der Waals surface area contributed by atoms with Crippen molar-refractivity contribution in [3.63, 3.8) is 0 Å². The maximum Gasteiger partial charge on any atom is 0.270 e. The van der Waals surface area contributed by atoms with Gasteiger partial charge in [0.15, 0.2) is 0 Å². The third-order valence-electron chi connectivity index (χ3n) is 3.97. The molecule has 1 N–H and O–H groups in total. The molecule has 6 nitrogen and oxygen atoms in total. The van der Waals surface area contributed by atoms with Crippen LogP contribution in [0.3, 0.4) is 0 Å². The lowest BCUT2D eigenvalue weighted by Gasteiger charge is -2.18. The Morgan fingerprint density at radius 2 is 1.81 bits per heavy atom. The Morgan fingerprint density at radius 1 is 1.24 bits per heavy atom. The second-order valence-corrected chi connectivity index (χ2v) is 7.78. The molecule has 0 bridgehead atoms. The van der Waals surface area contributed by atoms with E-state index in [-0.39, 0.29) is 21.6 Å². The molecule has 0 saturated heterocycles. The number of halogens is 1. The van der Waals surface area contributed by atoms with Crippen LogP contribution >= 0.6 is 11.6 Å². The Kier molecular flexibility index (Phi) is 3.67. The Hall–Kier alpha value is -1.18. The summed E-state index contributed by atoms with van der Waals surface area (Å²) in [5, 5.41) is 10.8. The molecule has 3 rings (SSSR count). The largest absolute Gasteiger partial charge is 0.270 e. The lowest BCUT2D eigenvalue weighted by atomic mass is 10.1. The van der Waals surface area contributed by atoms with E-state index in [2.05, 4.69) is 4.72 Å². The van der Waals surface area contributed by atoms with Crippen LogP contribution in [0.1, 0.15) is 25.7 Å². The molecule has 0 unspecified atom stereocenters. The van der Waals surface area contributed by atoms with Crippen LogP contribution < -0.4 is 4.72 Å². The molecule has 2 saturated carbocycles. The number of nitrogens with one attached hydrogen (secondary N) is 1. The zero-order chi connectivity index (χ0) is 15.2. The topological polar surface area (TPSA) is 89.3 Å². The van der Waals surface area contributed by atoms with Gasteiger partial charge in [-0.2, -0.15) is 0 Å². The van der Waals surface area contributed by atoms with Gasteiger partial charge in [-0.05, 0) is 43.6 Å². The van der Waals surface area contributed by atoms with E-state index in [1.54, 1.807) is 0 Å². The van der Waals surface area contributed by atoms with E-state index >= 15 is 0 Å². The molecular weight excluding hydrogens is 316 g/mol. The van der Waals surface area contributed by atoms with Crippen LogP contribution in [0.2, 0.25) is 5.02 Å². The summed E-state index contributed by atoms with van der Waals surface area (Å²) < 4.78 is 27.7. The van der Waals surface area contributed by atoms with Gasteiger partial charge in [-0.25, -0.2) is 13.1 Å². The average molecular weight is 331 g/mol. The van der Waals surface area contributed by atoms with Gasteiger partial charge in [0.1, 0.15) is 4.90 Å². The molecule has 0 atom stereocenters. The molecule has 0 spiro atoms. The first-order chi connectivity index (χ1) is 9.88. The normalized spacial score (nSPS) is 19.0. The van der Waals surface area contributed by atoms with E-state index in [9.17, 15) is 18.5 Å². The Labute approximate surface area is 127 Å². The van der Waals surface area contributed by atoms with Gasteiger partial charge < -0.3 is 0 Å². The molecule has 2 aliphatic carbocycles. The van der Waals surface area contributed by atoms with Crippen LogP contribution in [-0.4, -0.2) is 19.4 Å². The second kappa shape index (κ2) is 5.23. The van der Waals surface area contributed by atoms with E-state index < -0.39 is 14.9 Å². The third-order valence-corrected chi connectivity index (χ3v) is 5.91. The van der Waals surface area contributed by atoms with Crippen LogP contribution in [-0.2, 0) is 10.0 Å². The number of hydrogen-bond donors (Lipinski definition) is 1. The lowest BCUT2D eigenvalue weighted by molar-refractivity contribution is -0.385. The SMILES string of the molecule is O=[N+]([O-])c1ccc(Cl)c(S(=O)(=O)NC(C2CC2)C2CC2)c1. The first-order valence-corrected chi connectivity index (χ1v) is 8.71. The fourth-order valence-electron chi connectivity index (χ4n) is 2.54. The molecule has 114 valence electrons. The van der Waals surface area contributed by atoms with Crippen molar-refractivity contribution in [3.05, 3.63) is 33.3 Å². The summed E-state index contributed by atoms with van der Waals surface area (Å²) >= 11 is 5.92. The summed E-state index contributed by atoms with van der Waals surface area (Å²) in [6.45, 7) is 0. The van der Waals surface area contributed by atoms with E-state index in [1.807, 2.05) is 0 Å². The first kappa shape index (κ1) is 14.7. The molecule has 0 aliphatic heterocycles. The second-order valence-electron chi connectivity index (χ2n) is 5.69. The maximum absolute atomic E-state index is 12.5. The number of sulfonamides is 1. The van der Waals surface area contributed by atoms with Gasteiger partial charge >= 0.3 is 0 Å². The van der Waals surface area contributed by atoms with E-state index in [4.69, 9.17) is 11.6 Å². The van der Waals surface area contributed by atoms with Crippen molar-refractivity contribution in [2.75, 3.05) is 0 Å². The summed E-state index contributed by atoms with van der Waals surface area (Å²) in [6.07, 6.45) is 4.14. The highest BCUT2D eigenvalue weighted by atomic mass is 35.5. The van der Waals surface area contributed by atoms with Crippen molar-refractivity contribution in [1.29, 1.82) is 0 Å². The van der Waals surface area contributed by atoms with Gasteiger partial charge in [0, 0.05) is 18.2 Å². The fourth-order valence-corrected chi connectivity index (χ4v) is 4.44. The first-order valence-electron chi connectivity index (χ1n) is 6.85. The number of nitrogens with zero attached hydrogens (tertiary/aromatic N) is 1. The van der Waals surface area contributed by atoms with Crippen LogP contribution in [0.15, 0.2) is 23.1 Å².